The van der Waals surface area contributed by atoms with Gasteiger partial charge in [-0.2, -0.15) is 0 Å². The minimum atomic E-state index is 0.504. The Kier molecular flexibility index (Phi) is 6.19. The van der Waals surface area contributed by atoms with Crippen LogP contribution in [0.25, 0.3) is 0 Å². The molecule has 1 aliphatic carbocycles. The average Bonchev–Trinajstić information content (AvgIpc) is 3.26. The molecule has 118 valence electrons. The lowest BCUT2D eigenvalue weighted by molar-refractivity contribution is 0.236. The topological polar surface area (TPSA) is 28.2 Å². The molecule has 21 heavy (non-hydrogen) atoms. The molecular formula is C18H31N3. The molecule has 0 atom stereocenters. The van der Waals surface area contributed by atoms with E-state index in [1.807, 2.05) is 0 Å². The lowest BCUT2D eigenvalue weighted by Crippen LogP contribution is -2.28. The van der Waals surface area contributed by atoms with Crippen LogP contribution in [-0.2, 0) is 13.1 Å². The standard InChI is InChI=1S/C18H31N3/c1-14(2)10-11-21(18-8-9-18)13-17-7-5-6-16(20-17)12-19-15(3)4/h5-7,14-15,18-19H,8-13H2,1-4H3. The van der Waals surface area contributed by atoms with Gasteiger partial charge in [-0.1, -0.05) is 33.8 Å². The first-order chi connectivity index (χ1) is 10.0. The van der Waals surface area contributed by atoms with E-state index in [1.165, 1.54) is 31.5 Å². The molecule has 1 aromatic heterocycles. The normalized spacial score (nSPS) is 15.4. The first-order valence-electron chi connectivity index (χ1n) is 8.47. The molecule has 0 radical (unpaired) electrons. The van der Waals surface area contributed by atoms with Crippen molar-refractivity contribution in [1.82, 2.24) is 15.2 Å². The Morgan fingerprint density at radius 2 is 1.90 bits per heavy atom. The van der Waals surface area contributed by atoms with E-state index >= 15 is 0 Å². The molecule has 1 heterocycles. The molecule has 3 nitrogen and oxygen atoms in total. The second kappa shape index (κ2) is 7.90. The molecule has 0 aromatic carbocycles. The molecule has 2 rings (SSSR count). The van der Waals surface area contributed by atoms with Crippen LogP contribution < -0.4 is 5.32 Å². The van der Waals surface area contributed by atoms with E-state index in [2.05, 4.69) is 56.1 Å². The average molecular weight is 289 g/mol. The number of nitrogens with zero attached hydrogens (tertiary/aromatic N) is 2. The Morgan fingerprint density at radius 1 is 1.19 bits per heavy atom. The number of aromatic nitrogens is 1. The summed E-state index contributed by atoms with van der Waals surface area (Å²) in [6.45, 7) is 12.0. The summed E-state index contributed by atoms with van der Waals surface area (Å²) in [5.41, 5.74) is 2.37. The zero-order valence-electron chi connectivity index (χ0n) is 14.1. The molecule has 0 unspecified atom stereocenters. The predicted molar refractivity (Wildman–Crippen MR) is 89.1 cm³/mol. The minimum absolute atomic E-state index is 0.504. The third-order valence-corrected chi connectivity index (χ3v) is 3.98. The molecule has 1 aliphatic rings. The Morgan fingerprint density at radius 3 is 2.52 bits per heavy atom. The fourth-order valence-electron chi connectivity index (χ4n) is 2.49. The molecule has 1 aromatic rings. The van der Waals surface area contributed by atoms with Crippen LogP contribution in [0.4, 0.5) is 0 Å². The van der Waals surface area contributed by atoms with Crippen LogP contribution in [0.5, 0.6) is 0 Å². The minimum Gasteiger partial charge on any atom is -0.309 e. The summed E-state index contributed by atoms with van der Waals surface area (Å²) in [5.74, 6) is 0.779. The first-order valence-corrected chi connectivity index (χ1v) is 8.47. The number of pyridine rings is 1. The zero-order chi connectivity index (χ0) is 15.2. The van der Waals surface area contributed by atoms with Gasteiger partial charge in [0.1, 0.15) is 0 Å². The lowest BCUT2D eigenvalue weighted by Gasteiger charge is -2.22. The summed E-state index contributed by atoms with van der Waals surface area (Å²) in [4.78, 5) is 7.44. The highest BCUT2D eigenvalue weighted by Crippen LogP contribution is 2.28. The summed E-state index contributed by atoms with van der Waals surface area (Å²) in [7, 11) is 0. The highest BCUT2D eigenvalue weighted by atomic mass is 15.2. The van der Waals surface area contributed by atoms with Crippen molar-refractivity contribution in [3.8, 4) is 0 Å². The van der Waals surface area contributed by atoms with Crippen LogP contribution in [0, 0.1) is 5.92 Å². The van der Waals surface area contributed by atoms with E-state index in [9.17, 15) is 0 Å². The molecule has 0 saturated heterocycles. The highest BCUT2D eigenvalue weighted by Gasteiger charge is 2.28. The van der Waals surface area contributed by atoms with Crippen molar-refractivity contribution in [2.45, 2.75) is 72.1 Å². The smallest absolute Gasteiger partial charge is 0.0547 e. The van der Waals surface area contributed by atoms with Crippen LogP contribution >= 0.6 is 0 Å². The summed E-state index contributed by atoms with van der Waals surface area (Å²) in [6.07, 6.45) is 4.02. The van der Waals surface area contributed by atoms with Gasteiger partial charge in [0, 0.05) is 25.2 Å². The Balaban J connectivity index is 1.91. The van der Waals surface area contributed by atoms with E-state index in [0.29, 0.717) is 6.04 Å². The molecule has 0 amide bonds. The van der Waals surface area contributed by atoms with E-state index in [-0.39, 0.29) is 0 Å². The molecule has 0 aliphatic heterocycles. The first kappa shape index (κ1) is 16.4. The molecule has 3 heteroatoms. The van der Waals surface area contributed by atoms with Gasteiger partial charge >= 0.3 is 0 Å². The van der Waals surface area contributed by atoms with Crippen molar-refractivity contribution in [1.29, 1.82) is 0 Å². The number of rotatable bonds is 9. The van der Waals surface area contributed by atoms with Crippen LogP contribution in [0.2, 0.25) is 0 Å². The van der Waals surface area contributed by atoms with E-state index in [0.717, 1.165) is 30.7 Å². The quantitative estimate of drug-likeness (QED) is 0.753. The second-order valence-electron chi connectivity index (χ2n) is 7.04. The Bertz CT molecular complexity index is 424. The van der Waals surface area contributed by atoms with Crippen molar-refractivity contribution in [3.63, 3.8) is 0 Å². The van der Waals surface area contributed by atoms with E-state index < -0.39 is 0 Å². The molecule has 0 spiro atoms. The van der Waals surface area contributed by atoms with Gasteiger partial charge in [-0.05, 0) is 43.9 Å². The summed E-state index contributed by atoms with van der Waals surface area (Å²) in [5, 5.41) is 3.44. The maximum atomic E-state index is 4.82. The fraction of sp³-hybridized carbons (Fsp3) is 0.722. The van der Waals surface area contributed by atoms with Crippen LogP contribution in [0.1, 0.15) is 58.3 Å². The summed E-state index contributed by atoms with van der Waals surface area (Å²) < 4.78 is 0. The molecule has 1 saturated carbocycles. The number of hydrogen-bond acceptors (Lipinski definition) is 3. The third kappa shape index (κ3) is 6.15. The van der Waals surface area contributed by atoms with Crippen molar-refractivity contribution in [3.05, 3.63) is 29.6 Å². The molecule has 0 bridgehead atoms. The lowest BCUT2D eigenvalue weighted by atomic mass is 10.1. The molecular weight excluding hydrogens is 258 g/mol. The monoisotopic (exact) mass is 289 g/mol. The van der Waals surface area contributed by atoms with Crippen molar-refractivity contribution < 1.29 is 0 Å². The third-order valence-electron chi connectivity index (χ3n) is 3.98. The largest absolute Gasteiger partial charge is 0.309 e. The Labute approximate surface area is 130 Å². The van der Waals surface area contributed by atoms with Crippen molar-refractivity contribution in [2.24, 2.45) is 5.92 Å². The van der Waals surface area contributed by atoms with Gasteiger partial charge in [0.25, 0.3) is 0 Å². The Hall–Kier alpha value is -0.930. The van der Waals surface area contributed by atoms with Gasteiger partial charge in [0.15, 0.2) is 0 Å². The second-order valence-corrected chi connectivity index (χ2v) is 7.04. The fourth-order valence-corrected chi connectivity index (χ4v) is 2.49. The van der Waals surface area contributed by atoms with Crippen molar-refractivity contribution in [2.75, 3.05) is 6.54 Å². The summed E-state index contributed by atoms with van der Waals surface area (Å²) >= 11 is 0. The van der Waals surface area contributed by atoms with Gasteiger partial charge < -0.3 is 5.32 Å². The van der Waals surface area contributed by atoms with Crippen LogP contribution in [0.15, 0.2) is 18.2 Å². The van der Waals surface area contributed by atoms with E-state index in [1.54, 1.807) is 0 Å². The van der Waals surface area contributed by atoms with Crippen molar-refractivity contribution >= 4 is 0 Å². The number of hydrogen-bond donors (Lipinski definition) is 1. The number of nitrogens with one attached hydrogen (secondary N) is 1. The predicted octanol–water partition coefficient (Wildman–Crippen LogP) is 3.59. The SMILES string of the molecule is CC(C)CCN(Cc1cccc(CNC(C)C)n1)C1CC1. The van der Waals surface area contributed by atoms with E-state index in [4.69, 9.17) is 4.98 Å². The van der Waals surface area contributed by atoms with Gasteiger partial charge in [-0.15, -0.1) is 0 Å². The van der Waals surface area contributed by atoms with Gasteiger partial charge in [0.05, 0.1) is 11.4 Å². The van der Waals surface area contributed by atoms with Crippen LogP contribution in [-0.4, -0.2) is 28.5 Å². The maximum Gasteiger partial charge on any atom is 0.0547 e. The molecule has 1 N–H and O–H groups in total. The molecule has 1 fully saturated rings. The maximum absolute atomic E-state index is 4.82. The van der Waals surface area contributed by atoms with Gasteiger partial charge in [-0.25, -0.2) is 0 Å². The highest BCUT2D eigenvalue weighted by molar-refractivity contribution is 5.11. The van der Waals surface area contributed by atoms with Gasteiger partial charge in [0.2, 0.25) is 0 Å². The zero-order valence-corrected chi connectivity index (χ0v) is 14.1. The summed E-state index contributed by atoms with van der Waals surface area (Å²) in [6, 6.07) is 7.75. The van der Waals surface area contributed by atoms with Gasteiger partial charge in [-0.3, -0.25) is 9.88 Å². The van der Waals surface area contributed by atoms with Crippen LogP contribution in [0.3, 0.4) is 0 Å².